The molecule has 0 aromatic heterocycles. The number of alkyl carbamates (subject to hydrolysis) is 1. The number of hydrogen-bond donors (Lipinski definition) is 1. The molecule has 0 aliphatic heterocycles. The van der Waals surface area contributed by atoms with Crippen LogP contribution in [0.3, 0.4) is 0 Å². The Morgan fingerprint density at radius 1 is 1.14 bits per heavy atom. The predicted molar refractivity (Wildman–Crippen MR) is 113 cm³/mol. The summed E-state index contributed by atoms with van der Waals surface area (Å²) in [6.45, 7) is 3.89. The molecule has 0 aliphatic carbocycles. The van der Waals surface area contributed by atoms with Crippen molar-refractivity contribution in [2.75, 3.05) is 5.75 Å². The number of nitrogens with one attached hydrogen (secondary N) is 1. The van der Waals surface area contributed by atoms with E-state index in [1.165, 1.54) is 12.1 Å². The number of benzene rings is 2. The highest BCUT2D eigenvalue weighted by Crippen LogP contribution is 2.22. The third-order valence-electron chi connectivity index (χ3n) is 4.25. The van der Waals surface area contributed by atoms with Crippen molar-refractivity contribution in [1.29, 1.82) is 0 Å². The van der Waals surface area contributed by atoms with Crippen LogP contribution >= 0.6 is 11.8 Å². The van der Waals surface area contributed by atoms with Crippen LogP contribution in [0.2, 0.25) is 0 Å². The molecule has 0 aliphatic rings. The van der Waals surface area contributed by atoms with Crippen molar-refractivity contribution < 1.29 is 19.2 Å². The largest absolute Gasteiger partial charge is 0.445 e. The lowest BCUT2D eigenvalue weighted by Gasteiger charge is -2.29. The van der Waals surface area contributed by atoms with Gasteiger partial charge in [0.05, 0.1) is 10.5 Å². The molecule has 1 N–H and O–H groups in total. The summed E-state index contributed by atoms with van der Waals surface area (Å²) in [6, 6.07) is 14.8. The average molecular weight is 416 g/mol. The molecule has 154 valence electrons. The molecule has 0 spiro atoms. The number of amides is 1. The highest BCUT2D eigenvalue weighted by Gasteiger charge is 2.27. The molecular formula is C21H24N2O5S. The average Bonchev–Trinajstić information content (AvgIpc) is 2.71. The Morgan fingerprint density at radius 2 is 1.79 bits per heavy atom. The number of nitro groups is 1. The monoisotopic (exact) mass is 416 g/mol. The van der Waals surface area contributed by atoms with Gasteiger partial charge >= 0.3 is 6.09 Å². The molecule has 0 radical (unpaired) electrons. The Labute approximate surface area is 174 Å². The van der Waals surface area contributed by atoms with Crippen LogP contribution in [0.5, 0.6) is 0 Å². The van der Waals surface area contributed by atoms with E-state index in [1.54, 1.807) is 24.3 Å². The van der Waals surface area contributed by atoms with Gasteiger partial charge in [-0.05, 0) is 31.0 Å². The van der Waals surface area contributed by atoms with Crippen molar-refractivity contribution >= 4 is 28.7 Å². The van der Waals surface area contributed by atoms with E-state index in [-0.39, 0.29) is 17.4 Å². The molecule has 1 atom stereocenters. The van der Waals surface area contributed by atoms with Gasteiger partial charge in [-0.1, -0.05) is 55.4 Å². The van der Waals surface area contributed by atoms with Gasteiger partial charge in [-0.3, -0.25) is 14.9 Å². The summed E-state index contributed by atoms with van der Waals surface area (Å²) in [7, 11) is 0. The van der Waals surface area contributed by atoms with Crippen LogP contribution in [0.25, 0.3) is 0 Å². The Kier molecular flexibility index (Phi) is 8.21. The molecule has 2 aromatic rings. The minimum Gasteiger partial charge on any atom is -0.445 e. The number of hydrogen-bond acceptors (Lipinski definition) is 6. The summed E-state index contributed by atoms with van der Waals surface area (Å²) >= 11 is 1.16. The maximum atomic E-state index is 12.3. The molecule has 0 saturated carbocycles. The standard InChI is InChI=1S/C21H24N2O5S/c1-3-13-21(2,15-29-19(24)17-7-5-4-6-8-17)22-20(25)28-14-16-9-11-18(12-10-16)23(26)27/h4-12H,3,13-15H2,1-2H3,(H,22,25). The van der Waals surface area contributed by atoms with Crippen LogP contribution in [0.4, 0.5) is 10.5 Å². The highest BCUT2D eigenvalue weighted by molar-refractivity contribution is 8.14. The topological polar surface area (TPSA) is 98.5 Å². The first-order valence-corrected chi connectivity index (χ1v) is 10.2. The predicted octanol–water partition coefficient (Wildman–Crippen LogP) is 4.95. The summed E-state index contributed by atoms with van der Waals surface area (Å²) < 4.78 is 5.25. The number of nitro benzene ring substituents is 1. The molecule has 2 rings (SSSR count). The van der Waals surface area contributed by atoms with Crippen molar-refractivity contribution in [2.45, 2.75) is 38.8 Å². The zero-order valence-electron chi connectivity index (χ0n) is 16.4. The highest BCUT2D eigenvalue weighted by atomic mass is 32.2. The maximum Gasteiger partial charge on any atom is 0.407 e. The third kappa shape index (κ3) is 7.23. The van der Waals surface area contributed by atoms with E-state index in [0.29, 0.717) is 23.3 Å². The molecule has 29 heavy (non-hydrogen) atoms. The van der Waals surface area contributed by atoms with E-state index in [2.05, 4.69) is 5.32 Å². The van der Waals surface area contributed by atoms with Crippen LogP contribution in [0, 0.1) is 10.1 Å². The Bertz CT molecular complexity index is 842. The van der Waals surface area contributed by atoms with Crippen molar-refractivity contribution in [3.8, 4) is 0 Å². The number of nitrogens with zero attached hydrogens (tertiary/aromatic N) is 1. The lowest BCUT2D eigenvalue weighted by molar-refractivity contribution is -0.384. The lowest BCUT2D eigenvalue weighted by atomic mass is 9.99. The van der Waals surface area contributed by atoms with Gasteiger partial charge in [-0.15, -0.1) is 0 Å². The van der Waals surface area contributed by atoms with Gasteiger partial charge < -0.3 is 10.1 Å². The van der Waals surface area contributed by atoms with Crippen LogP contribution in [-0.2, 0) is 11.3 Å². The van der Waals surface area contributed by atoms with Crippen LogP contribution in [0.15, 0.2) is 54.6 Å². The molecule has 0 bridgehead atoms. The van der Waals surface area contributed by atoms with Crippen molar-refractivity contribution in [1.82, 2.24) is 5.32 Å². The smallest absolute Gasteiger partial charge is 0.407 e. The fourth-order valence-corrected chi connectivity index (χ4v) is 3.72. The molecular weight excluding hydrogens is 392 g/mol. The minimum atomic E-state index is -0.601. The summed E-state index contributed by atoms with van der Waals surface area (Å²) in [5.41, 5.74) is 0.652. The number of carbonyl (C=O) groups is 2. The molecule has 0 saturated heterocycles. The van der Waals surface area contributed by atoms with Crippen LogP contribution < -0.4 is 5.32 Å². The van der Waals surface area contributed by atoms with Gasteiger partial charge in [0.2, 0.25) is 5.12 Å². The first-order chi connectivity index (χ1) is 13.8. The Hall–Kier alpha value is -2.87. The molecule has 7 nitrogen and oxygen atoms in total. The van der Waals surface area contributed by atoms with Gasteiger partial charge in [0.25, 0.3) is 5.69 Å². The maximum absolute atomic E-state index is 12.3. The molecule has 1 amide bonds. The molecule has 8 heteroatoms. The SMILES string of the molecule is CCCC(C)(CSC(=O)c1ccccc1)NC(=O)OCc1ccc([N+](=O)[O-])cc1. The molecule has 0 fully saturated rings. The lowest BCUT2D eigenvalue weighted by Crippen LogP contribution is -2.48. The van der Waals surface area contributed by atoms with E-state index < -0.39 is 16.6 Å². The van der Waals surface area contributed by atoms with Gasteiger partial charge in [0.15, 0.2) is 0 Å². The van der Waals surface area contributed by atoms with Gasteiger partial charge in [-0.25, -0.2) is 4.79 Å². The first-order valence-electron chi connectivity index (χ1n) is 9.23. The Balaban J connectivity index is 1.89. The van der Waals surface area contributed by atoms with Gasteiger partial charge in [-0.2, -0.15) is 0 Å². The zero-order chi connectivity index (χ0) is 21.3. The Morgan fingerprint density at radius 3 is 2.38 bits per heavy atom. The van der Waals surface area contributed by atoms with E-state index >= 15 is 0 Å². The van der Waals surface area contributed by atoms with E-state index in [4.69, 9.17) is 4.74 Å². The van der Waals surface area contributed by atoms with Crippen LogP contribution in [0.1, 0.15) is 42.6 Å². The van der Waals surface area contributed by atoms with Crippen molar-refractivity contribution in [3.05, 3.63) is 75.8 Å². The quantitative estimate of drug-likeness (QED) is 0.458. The first kappa shape index (κ1) is 22.4. The van der Waals surface area contributed by atoms with Crippen molar-refractivity contribution in [3.63, 3.8) is 0 Å². The summed E-state index contributed by atoms with van der Waals surface area (Å²) in [5.74, 6) is 0.418. The van der Waals surface area contributed by atoms with E-state index in [0.717, 1.165) is 18.2 Å². The summed E-state index contributed by atoms with van der Waals surface area (Å²) in [5, 5.41) is 13.5. The minimum absolute atomic E-state index is 0.00210. The summed E-state index contributed by atoms with van der Waals surface area (Å²) in [4.78, 5) is 34.8. The third-order valence-corrected chi connectivity index (χ3v) is 5.53. The van der Waals surface area contributed by atoms with Crippen molar-refractivity contribution in [2.24, 2.45) is 0 Å². The molecule has 1 unspecified atom stereocenters. The second-order valence-corrected chi connectivity index (χ2v) is 7.83. The zero-order valence-corrected chi connectivity index (χ0v) is 17.2. The second-order valence-electron chi connectivity index (χ2n) is 6.88. The number of rotatable bonds is 9. The number of carbonyl (C=O) groups excluding carboxylic acids is 2. The fraction of sp³-hybridized carbons (Fsp3) is 0.333. The summed E-state index contributed by atoms with van der Waals surface area (Å²) in [6.07, 6.45) is 0.931. The van der Waals surface area contributed by atoms with Gasteiger partial charge in [0.1, 0.15) is 6.61 Å². The second kappa shape index (κ2) is 10.6. The molecule has 2 aromatic carbocycles. The number of ether oxygens (including phenoxy) is 1. The van der Waals surface area contributed by atoms with E-state index in [1.807, 2.05) is 32.0 Å². The normalized spacial score (nSPS) is 12.6. The number of non-ortho nitro benzene ring substituents is 1. The molecule has 0 heterocycles. The fourth-order valence-electron chi connectivity index (χ4n) is 2.75. The van der Waals surface area contributed by atoms with E-state index in [9.17, 15) is 19.7 Å². The number of thioether (sulfide) groups is 1. The van der Waals surface area contributed by atoms with Gasteiger partial charge in [0, 0.05) is 23.4 Å². The van der Waals surface area contributed by atoms with Crippen LogP contribution in [-0.4, -0.2) is 27.4 Å².